The van der Waals surface area contributed by atoms with Crippen LogP contribution in [0.1, 0.15) is 19.4 Å². The number of hydrogen-bond donors (Lipinski definition) is 2. The number of nitrogens with one attached hydrogen (secondary N) is 2. The van der Waals surface area contributed by atoms with Crippen molar-refractivity contribution >= 4 is 33.2 Å². The minimum Gasteiger partial charge on any atom is -0.493 e. The molecule has 2 rings (SSSR count). The molecule has 128 valence electrons. The Kier molecular flexibility index (Phi) is 6.49. The Bertz CT molecular complexity index is 702. The Morgan fingerprint density at radius 1 is 1.17 bits per heavy atom. The summed E-state index contributed by atoms with van der Waals surface area (Å²) in [5.41, 5.74) is 2.81. The molecule has 24 heavy (non-hydrogen) atoms. The third-order valence-corrected chi connectivity index (χ3v) is 3.87. The first-order valence-electron chi connectivity index (χ1n) is 7.64. The van der Waals surface area contributed by atoms with Gasteiger partial charge in [0, 0.05) is 24.8 Å². The summed E-state index contributed by atoms with van der Waals surface area (Å²) in [5, 5.41) is 6.08. The van der Waals surface area contributed by atoms with E-state index < -0.39 is 0 Å². The van der Waals surface area contributed by atoms with Crippen LogP contribution in [0, 0.1) is 0 Å². The van der Waals surface area contributed by atoms with E-state index in [0.717, 1.165) is 21.4 Å². The Hall–Kier alpha value is -2.21. The van der Waals surface area contributed by atoms with Crippen molar-refractivity contribution in [3.8, 4) is 11.5 Å². The topological polar surface area (TPSA) is 59.6 Å². The molecule has 0 spiro atoms. The lowest BCUT2D eigenvalue weighted by atomic mass is 10.2. The zero-order chi connectivity index (χ0) is 17.5. The lowest BCUT2D eigenvalue weighted by Gasteiger charge is -2.14. The zero-order valence-corrected chi connectivity index (χ0v) is 15.6. The molecule has 0 aliphatic rings. The number of methoxy groups -OCH3 is 1. The van der Waals surface area contributed by atoms with Crippen LogP contribution in [0.4, 0.5) is 11.4 Å². The third kappa shape index (κ3) is 4.89. The molecule has 2 aromatic rings. The van der Waals surface area contributed by atoms with Gasteiger partial charge >= 0.3 is 0 Å². The van der Waals surface area contributed by atoms with Gasteiger partial charge in [-0.1, -0.05) is 0 Å². The first-order valence-corrected chi connectivity index (χ1v) is 8.43. The van der Waals surface area contributed by atoms with Crippen LogP contribution in [-0.4, -0.2) is 19.6 Å². The summed E-state index contributed by atoms with van der Waals surface area (Å²) in [7, 11) is 1.63. The minimum atomic E-state index is -0.0814. The van der Waals surface area contributed by atoms with Gasteiger partial charge in [-0.25, -0.2) is 0 Å². The summed E-state index contributed by atoms with van der Waals surface area (Å²) in [6.07, 6.45) is 0. The molecule has 0 bridgehead atoms. The molecule has 1 amide bonds. The van der Waals surface area contributed by atoms with E-state index in [1.807, 2.05) is 43.3 Å². The van der Waals surface area contributed by atoms with E-state index in [4.69, 9.17) is 9.47 Å². The Morgan fingerprint density at radius 3 is 2.42 bits per heavy atom. The number of benzene rings is 2. The summed E-state index contributed by atoms with van der Waals surface area (Å²) in [5.74, 6) is 1.33. The maximum Gasteiger partial charge on any atom is 0.221 e. The van der Waals surface area contributed by atoms with Gasteiger partial charge in [-0.05, 0) is 64.8 Å². The number of rotatable bonds is 7. The van der Waals surface area contributed by atoms with Crippen LogP contribution in [0.3, 0.4) is 0 Å². The number of amides is 1. The molecule has 0 saturated carbocycles. The predicted molar refractivity (Wildman–Crippen MR) is 99.9 cm³/mol. The predicted octanol–water partition coefficient (Wildman–Crippen LogP) is 4.43. The second kappa shape index (κ2) is 8.59. The van der Waals surface area contributed by atoms with Crippen LogP contribution in [0.25, 0.3) is 0 Å². The van der Waals surface area contributed by atoms with Gasteiger partial charge in [-0.15, -0.1) is 0 Å². The first-order chi connectivity index (χ1) is 11.5. The van der Waals surface area contributed by atoms with Crippen LogP contribution in [-0.2, 0) is 11.3 Å². The highest BCUT2D eigenvalue weighted by atomic mass is 79.9. The standard InChI is InChI=1S/C18H21BrN2O3/c1-4-24-18-16(19)9-13(10-17(18)23-3)11-20-14-5-7-15(8-6-14)21-12(2)22/h5-10,20H,4,11H2,1-3H3,(H,21,22). The molecule has 2 N–H and O–H groups in total. The normalized spacial score (nSPS) is 10.2. The number of carbonyl (C=O) groups is 1. The largest absolute Gasteiger partial charge is 0.493 e. The van der Waals surface area contributed by atoms with E-state index in [2.05, 4.69) is 26.6 Å². The van der Waals surface area contributed by atoms with Gasteiger partial charge in [-0.2, -0.15) is 0 Å². The molecule has 0 aromatic heterocycles. The van der Waals surface area contributed by atoms with Crippen molar-refractivity contribution < 1.29 is 14.3 Å². The molecular weight excluding hydrogens is 372 g/mol. The van der Waals surface area contributed by atoms with Crippen LogP contribution in [0.5, 0.6) is 11.5 Å². The lowest BCUT2D eigenvalue weighted by Crippen LogP contribution is -2.06. The van der Waals surface area contributed by atoms with Crippen molar-refractivity contribution in [2.45, 2.75) is 20.4 Å². The fourth-order valence-corrected chi connectivity index (χ4v) is 2.84. The Balaban J connectivity index is 2.06. The number of carbonyl (C=O) groups excluding carboxylic acids is 1. The highest BCUT2D eigenvalue weighted by Gasteiger charge is 2.11. The van der Waals surface area contributed by atoms with Gasteiger partial charge in [0.15, 0.2) is 11.5 Å². The van der Waals surface area contributed by atoms with Crippen molar-refractivity contribution in [1.29, 1.82) is 0 Å². The van der Waals surface area contributed by atoms with E-state index in [1.165, 1.54) is 6.92 Å². The summed E-state index contributed by atoms with van der Waals surface area (Å²) >= 11 is 3.53. The quantitative estimate of drug-likeness (QED) is 0.731. The zero-order valence-electron chi connectivity index (χ0n) is 14.0. The van der Waals surface area contributed by atoms with Gasteiger partial charge in [0.25, 0.3) is 0 Å². The highest BCUT2D eigenvalue weighted by Crippen LogP contribution is 2.36. The Labute approximate surface area is 150 Å². The SMILES string of the molecule is CCOc1c(Br)cc(CNc2ccc(NC(C)=O)cc2)cc1OC. The molecule has 6 heteroatoms. The number of anilines is 2. The van der Waals surface area contributed by atoms with Gasteiger partial charge in [0.2, 0.25) is 5.91 Å². The van der Waals surface area contributed by atoms with Crippen LogP contribution in [0.2, 0.25) is 0 Å². The highest BCUT2D eigenvalue weighted by molar-refractivity contribution is 9.10. The molecule has 0 fully saturated rings. The van der Waals surface area contributed by atoms with Crippen LogP contribution in [0.15, 0.2) is 40.9 Å². The molecule has 2 aromatic carbocycles. The van der Waals surface area contributed by atoms with Gasteiger partial charge < -0.3 is 20.1 Å². The molecule has 0 atom stereocenters. The molecule has 0 radical (unpaired) electrons. The molecular formula is C18H21BrN2O3. The van der Waals surface area contributed by atoms with Crippen LogP contribution < -0.4 is 20.1 Å². The minimum absolute atomic E-state index is 0.0814. The summed E-state index contributed by atoms with van der Waals surface area (Å²) in [4.78, 5) is 11.0. The Morgan fingerprint density at radius 2 is 1.83 bits per heavy atom. The summed E-state index contributed by atoms with van der Waals surface area (Å²) in [6, 6.07) is 11.5. The number of ether oxygens (including phenoxy) is 2. The fraction of sp³-hybridized carbons (Fsp3) is 0.278. The second-order valence-corrected chi connectivity index (χ2v) is 6.01. The van der Waals surface area contributed by atoms with Crippen molar-refractivity contribution in [3.63, 3.8) is 0 Å². The maximum atomic E-state index is 11.0. The van der Waals surface area contributed by atoms with E-state index in [-0.39, 0.29) is 5.91 Å². The molecule has 0 aliphatic carbocycles. The number of hydrogen-bond acceptors (Lipinski definition) is 4. The molecule has 5 nitrogen and oxygen atoms in total. The van der Waals surface area contributed by atoms with Gasteiger partial charge in [-0.3, -0.25) is 4.79 Å². The molecule has 0 unspecified atom stereocenters. The average Bonchev–Trinajstić information content (AvgIpc) is 2.55. The first kappa shape index (κ1) is 18.1. The average molecular weight is 393 g/mol. The summed E-state index contributed by atoms with van der Waals surface area (Å²) < 4.78 is 11.9. The number of halogens is 1. The second-order valence-electron chi connectivity index (χ2n) is 5.15. The van der Waals surface area contributed by atoms with E-state index >= 15 is 0 Å². The fourth-order valence-electron chi connectivity index (χ4n) is 2.24. The van der Waals surface area contributed by atoms with Gasteiger partial charge in [0.05, 0.1) is 18.2 Å². The van der Waals surface area contributed by atoms with Crippen molar-refractivity contribution in [2.75, 3.05) is 24.4 Å². The van der Waals surface area contributed by atoms with Crippen molar-refractivity contribution in [3.05, 3.63) is 46.4 Å². The molecule has 0 saturated heterocycles. The molecule has 0 heterocycles. The maximum absolute atomic E-state index is 11.0. The monoisotopic (exact) mass is 392 g/mol. The van der Waals surface area contributed by atoms with E-state index in [0.29, 0.717) is 24.7 Å². The molecule has 0 aliphatic heterocycles. The van der Waals surface area contributed by atoms with Crippen LogP contribution >= 0.6 is 15.9 Å². The van der Waals surface area contributed by atoms with Crippen molar-refractivity contribution in [2.24, 2.45) is 0 Å². The third-order valence-electron chi connectivity index (χ3n) is 3.28. The van der Waals surface area contributed by atoms with E-state index in [9.17, 15) is 4.79 Å². The summed E-state index contributed by atoms with van der Waals surface area (Å²) in [6.45, 7) is 4.64. The lowest BCUT2D eigenvalue weighted by molar-refractivity contribution is -0.114. The van der Waals surface area contributed by atoms with E-state index in [1.54, 1.807) is 7.11 Å². The van der Waals surface area contributed by atoms with Gasteiger partial charge in [0.1, 0.15) is 0 Å². The smallest absolute Gasteiger partial charge is 0.221 e. The van der Waals surface area contributed by atoms with Crippen molar-refractivity contribution in [1.82, 2.24) is 0 Å².